The predicted molar refractivity (Wildman–Crippen MR) is 110 cm³/mol. The zero-order valence-electron chi connectivity index (χ0n) is 16.3. The van der Waals surface area contributed by atoms with Crippen molar-refractivity contribution in [1.82, 2.24) is 4.57 Å². The van der Waals surface area contributed by atoms with Gasteiger partial charge >= 0.3 is 0 Å². The molecular weight excluding hydrogens is 322 g/mol. The van der Waals surface area contributed by atoms with Gasteiger partial charge in [0.2, 0.25) is 0 Å². The van der Waals surface area contributed by atoms with E-state index in [-0.39, 0.29) is 5.04 Å². The molecule has 0 aliphatic heterocycles. The molecule has 2 aromatic carbocycles. The molecule has 132 valence electrons. The van der Waals surface area contributed by atoms with Crippen molar-refractivity contribution in [3.05, 3.63) is 65.9 Å². The smallest absolute Gasteiger partial charge is 0.250 e. The highest BCUT2D eigenvalue weighted by molar-refractivity contribution is 6.74. The molecule has 2 nitrogen and oxygen atoms in total. The summed E-state index contributed by atoms with van der Waals surface area (Å²) in [6, 6.07) is 19.2. The van der Waals surface area contributed by atoms with Gasteiger partial charge in [-0.25, -0.2) is 0 Å². The van der Waals surface area contributed by atoms with E-state index in [0.29, 0.717) is 0 Å². The molecule has 1 heterocycles. The van der Waals surface area contributed by atoms with Crippen LogP contribution in [-0.2, 0) is 6.54 Å². The molecule has 0 aliphatic rings. The van der Waals surface area contributed by atoms with E-state index in [4.69, 9.17) is 4.43 Å². The van der Waals surface area contributed by atoms with Crippen molar-refractivity contribution in [2.24, 2.45) is 0 Å². The van der Waals surface area contributed by atoms with E-state index in [0.717, 1.165) is 12.3 Å². The van der Waals surface area contributed by atoms with Gasteiger partial charge in [-0.1, -0.05) is 63.2 Å². The molecule has 0 fully saturated rings. The first kappa shape index (κ1) is 17.8. The average molecular weight is 352 g/mol. The Bertz CT molecular complexity index is 872. The van der Waals surface area contributed by atoms with Crippen LogP contribution >= 0.6 is 0 Å². The lowest BCUT2D eigenvalue weighted by Gasteiger charge is -2.36. The maximum absolute atomic E-state index is 6.75. The Morgan fingerprint density at radius 3 is 2.16 bits per heavy atom. The molecule has 0 N–H and O–H groups in total. The lowest BCUT2D eigenvalue weighted by molar-refractivity contribution is 0.490. The standard InChI is InChI=1S/C22H29NOSi/c1-17-21(24-25(5,6)22(2,3)4)19-14-10-11-15-20(19)23(17)16-18-12-8-7-9-13-18/h7-15H,16H2,1-6H3. The van der Waals surface area contributed by atoms with Gasteiger partial charge in [-0.15, -0.1) is 0 Å². The SMILES string of the molecule is Cc1c(O[Si](C)(C)C(C)(C)C)c2ccccc2n1Cc1ccccc1. The van der Waals surface area contributed by atoms with Crippen LogP contribution in [0.3, 0.4) is 0 Å². The van der Waals surface area contributed by atoms with Crippen molar-refractivity contribution in [2.45, 2.75) is 52.4 Å². The first-order chi connectivity index (χ1) is 11.7. The van der Waals surface area contributed by atoms with E-state index in [1.807, 2.05) is 0 Å². The molecule has 0 bridgehead atoms. The number of hydrogen-bond donors (Lipinski definition) is 0. The zero-order chi connectivity index (χ0) is 18.2. The molecule has 0 saturated heterocycles. The van der Waals surface area contributed by atoms with Crippen molar-refractivity contribution in [1.29, 1.82) is 0 Å². The molecule has 0 unspecified atom stereocenters. The van der Waals surface area contributed by atoms with E-state index >= 15 is 0 Å². The number of benzene rings is 2. The Balaban J connectivity index is 2.10. The second-order valence-corrected chi connectivity index (χ2v) is 13.1. The fraction of sp³-hybridized carbons (Fsp3) is 0.364. The predicted octanol–water partition coefficient (Wildman–Crippen LogP) is 6.38. The summed E-state index contributed by atoms with van der Waals surface area (Å²) < 4.78 is 9.13. The Kier molecular flexibility index (Phi) is 4.54. The third-order valence-corrected chi connectivity index (χ3v) is 9.85. The second kappa shape index (κ2) is 6.38. The fourth-order valence-corrected chi connectivity index (χ4v) is 3.98. The second-order valence-electron chi connectivity index (χ2n) is 8.37. The summed E-state index contributed by atoms with van der Waals surface area (Å²) in [6.45, 7) is 14.6. The molecule has 3 heteroatoms. The van der Waals surface area contributed by atoms with Crippen LogP contribution in [0.25, 0.3) is 10.9 Å². The average Bonchev–Trinajstić information content (AvgIpc) is 2.81. The van der Waals surface area contributed by atoms with Gasteiger partial charge in [0.05, 0.1) is 11.2 Å². The Hall–Kier alpha value is -2.00. The lowest BCUT2D eigenvalue weighted by Crippen LogP contribution is -2.44. The van der Waals surface area contributed by atoms with Crippen LogP contribution in [0.1, 0.15) is 32.0 Å². The number of aromatic nitrogens is 1. The maximum atomic E-state index is 6.75. The van der Waals surface area contributed by atoms with Crippen LogP contribution in [0.5, 0.6) is 5.75 Å². The highest BCUT2D eigenvalue weighted by atomic mass is 28.4. The van der Waals surface area contributed by atoms with Crippen LogP contribution in [0.15, 0.2) is 54.6 Å². The van der Waals surface area contributed by atoms with E-state index in [1.54, 1.807) is 0 Å². The summed E-state index contributed by atoms with van der Waals surface area (Å²) in [7, 11) is -1.89. The van der Waals surface area contributed by atoms with Crippen LogP contribution in [0.4, 0.5) is 0 Å². The van der Waals surface area contributed by atoms with Crippen molar-refractivity contribution in [3.63, 3.8) is 0 Å². The molecule has 0 saturated carbocycles. The summed E-state index contributed by atoms with van der Waals surface area (Å²) in [6.07, 6.45) is 0. The van der Waals surface area contributed by atoms with Crippen molar-refractivity contribution >= 4 is 19.2 Å². The topological polar surface area (TPSA) is 14.2 Å². The molecule has 3 aromatic rings. The molecule has 0 atom stereocenters. The highest BCUT2D eigenvalue weighted by Gasteiger charge is 2.40. The quantitative estimate of drug-likeness (QED) is 0.497. The third kappa shape index (κ3) is 3.38. The fourth-order valence-electron chi connectivity index (χ4n) is 2.91. The summed E-state index contributed by atoms with van der Waals surface area (Å²) in [5.74, 6) is 1.07. The first-order valence-electron chi connectivity index (χ1n) is 9.01. The molecule has 3 rings (SSSR count). The van der Waals surface area contributed by atoms with E-state index in [9.17, 15) is 0 Å². The summed E-state index contributed by atoms with van der Waals surface area (Å²) >= 11 is 0. The summed E-state index contributed by atoms with van der Waals surface area (Å²) in [4.78, 5) is 0. The first-order valence-corrected chi connectivity index (χ1v) is 11.9. The largest absolute Gasteiger partial charge is 0.542 e. The van der Waals surface area contributed by atoms with Gasteiger partial charge in [-0.2, -0.15) is 0 Å². The van der Waals surface area contributed by atoms with Gasteiger partial charge in [0.25, 0.3) is 8.32 Å². The van der Waals surface area contributed by atoms with Gasteiger partial charge < -0.3 is 8.99 Å². The van der Waals surface area contributed by atoms with Gasteiger partial charge in [0.1, 0.15) is 5.75 Å². The molecule has 0 amide bonds. The minimum Gasteiger partial charge on any atom is -0.542 e. The van der Waals surface area contributed by atoms with Crippen LogP contribution in [0, 0.1) is 6.92 Å². The number of hydrogen-bond acceptors (Lipinski definition) is 1. The van der Waals surface area contributed by atoms with Crippen molar-refractivity contribution in [2.75, 3.05) is 0 Å². The monoisotopic (exact) mass is 351 g/mol. The molecule has 0 radical (unpaired) electrons. The van der Waals surface area contributed by atoms with E-state index in [2.05, 4.69) is 100.0 Å². The van der Waals surface area contributed by atoms with Gasteiger partial charge in [0.15, 0.2) is 0 Å². The van der Waals surface area contributed by atoms with Gasteiger partial charge in [-0.3, -0.25) is 0 Å². The Labute approximate surface area is 152 Å². The minimum absolute atomic E-state index is 0.183. The van der Waals surface area contributed by atoms with Gasteiger partial charge in [-0.05, 0) is 42.8 Å². The molecule has 0 aliphatic carbocycles. The molecule has 0 spiro atoms. The minimum atomic E-state index is -1.89. The zero-order valence-corrected chi connectivity index (χ0v) is 17.3. The van der Waals surface area contributed by atoms with Crippen LogP contribution < -0.4 is 4.43 Å². The van der Waals surface area contributed by atoms with Crippen LogP contribution in [-0.4, -0.2) is 12.9 Å². The van der Waals surface area contributed by atoms with Crippen molar-refractivity contribution < 1.29 is 4.43 Å². The van der Waals surface area contributed by atoms with Gasteiger partial charge in [0, 0.05) is 11.9 Å². The van der Waals surface area contributed by atoms with E-state index in [1.165, 1.54) is 22.2 Å². The number of rotatable bonds is 4. The highest BCUT2D eigenvalue weighted by Crippen LogP contribution is 2.41. The summed E-state index contributed by atoms with van der Waals surface area (Å²) in [5.41, 5.74) is 3.78. The third-order valence-electron chi connectivity index (χ3n) is 5.52. The van der Waals surface area contributed by atoms with Crippen LogP contribution in [0.2, 0.25) is 18.1 Å². The van der Waals surface area contributed by atoms with E-state index < -0.39 is 8.32 Å². The lowest BCUT2D eigenvalue weighted by atomic mass is 10.2. The number of nitrogens with zero attached hydrogens (tertiary/aromatic N) is 1. The molecule has 1 aromatic heterocycles. The molecule has 25 heavy (non-hydrogen) atoms. The van der Waals surface area contributed by atoms with Crippen molar-refractivity contribution in [3.8, 4) is 5.75 Å². The summed E-state index contributed by atoms with van der Waals surface area (Å²) in [5, 5.41) is 1.41. The maximum Gasteiger partial charge on any atom is 0.250 e. The Morgan fingerprint density at radius 2 is 1.52 bits per heavy atom. The number of fused-ring (bicyclic) bond motifs is 1. The normalized spacial score (nSPS) is 12.6. The Morgan fingerprint density at radius 1 is 0.920 bits per heavy atom. The molecular formula is C22H29NOSi. The number of para-hydroxylation sites is 1.